The molecule has 0 atom stereocenters. The predicted molar refractivity (Wildman–Crippen MR) is 365 cm³/mol. The molecule has 12 aromatic carbocycles. The van der Waals surface area contributed by atoms with E-state index >= 15 is 0 Å². The molecule has 0 N–H and O–H groups in total. The monoisotopic (exact) mass is 1120 g/mol. The maximum absolute atomic E-state index is 2.57. The molecule has 1 spiro atoms. The van der Waals surface area contributed by atoms with Gasteiger partial charge >= 0.3 is 0 Å². The number of hydrogen-bond donors (Lipinski definition) is 0. The second kappa shape index (κ2) is 21.3. The third-order valence-electron chi connectivity index (χ3n) is 20.4. The maximum Gasteiger partial charge on any atom is 0.0726 e. The summed E-state index contributed by atoms with van der Waals surface area (Å²) in [5, 5.41) is 2.82. The molecule has 0 saturated heterocycles. The van der Waals surface area contributed by atoms with Crippen molar-refractivity contribution in [3.05, 3.63) is 312 Å². The molecule has 2 nitrogen and oxygen atoms in total. The average molecular weight is 1120 g/mol. The maximum atomic E-state index is 2.57. The lowest BCUT2D eigenvalue weighted by Crippen LogP contribution is -2.26. The van der Waals surface area contributed by atoms with Crippen LogP contribution in [-0.4, -0.2) is 4.57 Å². The number of hydrogen-bond acceptors (Lipinski definition) is 1. The highest BCUT2D eigenvalue weighted by molar-refractivity contribution is 6.10. The normalized spacial score (nSPS) is 15.1. The molecule has 87 heavy (non-hydrogen) atoms. The second-order valence-electron chi connectivity index (χ2n) is 25.1. The van der Waals surface area contributed by atoms with Gasteiger partial charge in [-0.3, -0.25) is 0 Å². The van der Waals surface area contributed by atoms with Crippen LogP contribution in [0.2, 0.25) is 0 Å². The predicted octanol–water partition coefficient (Wildman–Crippen LogP) is 23.4. The molecular weight excluding hydrogens is 1050 g/mol. The zero-order valence-electron chi connectivity index (χ0n) is 49.2. The van der Waals surface area contributed by atoms with Crippen LogP contribution in [0.4, 0.5) is 17.1 Å². The van der Waals surface area contributed by atoms with Crippen molar-refractivity contribution in [3.63, 3.8) is 0 Å². The van der Waals surface area contributed by atoms with Crippen LogP contribution in [-0.2, 0) is 5.41 Å². The van der Waals surface area contributed by atoms with Crippen molar-refractivity contribution in [3.8, 4) is 72.4 Å². The van der Waals surface area contributed by atoms with Crippen molar-refractivity contribution in [1.29, 1.82) is 0 Å². The summed E-state index contributed by atoms with van der Waals surface area (Å²) in [5.74, 6) is 1.34. The van der Waals surface area contributed by atoms with Crippen molar-refractivity contribution in [2.45, 2.75) is 81.5 Å². The SMILES string of the molecule is c1ccc(-c2ccc(N(c3ccc(-c4ccc(-c5ccc(-n6c7ccc(C8CCCCC8)cc7c7cc(C8CCCCC8)ccc76)cc5)cc4)cc3)c3ccc4c(c3)C3(c5ccccc5-c5ccccc53)c3ccccc3-4)c(-c3ccccc3)c2)cc1. The van der Waals surface area contributed by atoms with Gasteiger partial charge in [-0.2, -0.15) is 0 Å². The fourth-order valence-corrected chi connectivity index (χ4v) is 16.2. The van der Waals surface area contributed by atoms with Crippen LogP contribution in [0.5, 0.6) is 0 Å². The molecule has 1 aromatic heterocycles. The van der Waals surface area contributed by atoms with Gasteiger partial charge in [-0.15, -0.1) is 0 Å². The fraction of sp³-hybridized carbons (Fsp3) is 0.153. The Bertz CT molecular complexity index is 4590. The number of benzene rings is 12. The van der Waals surface area contributed by atoms with Gasteiger partial charge in [0.15, 0.2) is 0 Å². The highest BCUT2D eigenvalue weighted by Crippen LogP contribution is 2.63. The number of rotatable bonds is 10. The molecule has 0 bridgehead atoms. The third kappa shape index (κ3) is 8.58. The summed E-state index contributed by atoms with van der Waals surface area (Å²) in [5.41, 5.74) is 29.8. The zero-order valence-corrected chi connectivity index (χ0v) is 49.2. The molecule has 418 valence electrons. The van der Waals surface area contributed by atoms with Gasteiger partial charge in [0.25, 0.3) is 0 Å². The summed E-state index contributed by atoms with van der Waals surface area (Å²) in [4.78, 5) is 2.50. The minimum absolute atomic E-state index is 0.471. The van der Waals surface area contributed by atoms with Gasteiger partial charge < -0.3 is 9.47 Å². The highest BCUT2D eigenvalue weighted by atomic mass is 15.1. The molecule has 0 aliphatic heterocycles. The smallest absolute Gasteiger partial charge is 0.0726 e. The Hall–Kier alpha value is -9.76. The van der Waals surface area contributed by atoms with Crippen LogP contribution in [0.25, 0.3) is 94.3 Å². The van der Waals surface area contributed by atoms with Gasteiger partial charge in [-0.05, 0) is 205 Å². The van der Waals surface area contributed by atoms with E-state index in [9.17, 15) is 0 Å². The number of nitrogens with zero attached hydrogens (tertiary/aromatic N) is 2. The van der Waals surface area contributed by atoms with E-state index in [2.05, 4.69) is 289 Å². The van der Waals surface area contributed by atoms with Crippen molar-refractivity contribution in [2.24, 2.45) is 0 Å². The second-order valence-corrected chi connectivity index (χ2v) is 25.1. The first-order chi connectivity index (χ1) is 43.1. The van der Waals surface area contributed by atoms with E-state index in [4.69, 9.17) is 0 Å². The van der Waals surface area contributed by atoms with Crippen LogP contribution < -0.4 is 4.90 Å². The summed E-state index contributed by atoms with van der Waals surface area (Å²) in [6, 6.07) is 106. The first-order valence-electron chi connectivity index (χ1n) is 32.0. The van der Waals surface area contributed by atoms with E-state index in [0.29, 0.717) is 11.8 Å². The Balaban J connectivity index is 0.737. The van der Waals surface area contributed by atoms with E-state index in [1.54, 1.807) is 0 Å². The summed E-state index contributed by atoms with van der Waals surface area (Å²) in [6.07, 6.45) is 13.4. The highest BCUT2D eigenvalue weighted by Gasteiger charge is 2.51. The molecule has 4 aliphatic rings. The van der Waals surface area contributed by atoms with Gasteiger partial charge in [0, 0.05) is 33.4 Å². The number of fused-ring (bicyclic) bond motifs is 13. The first-order valence-corrected chi connectivity index (χ1v) is 32.0. The molecule has 0 radical (unpaired) electrons. The van der Waals surface area contributed by atoms with Crippen LogP contribution in [0.3, 0.4) is 0 Å². The zero-order chi connectivity index (χ0) is 57.4. The van der Waals surface area contributed by atoms with Crippen LogP contribution >= 0.6 is 0 Å². The van der Waals surface area contributed by atoms with Crippen molar-refractivity contribution < 1.29 is 0 Å². The summed E-state index contributed by atoms with van der Waals surface area (Å²) >= 11 is 0. The average Bonchev–Trinajstić information content (AvgIpc) is 1.53. The molecule has 2 fully saturated rings. The number of anilines is 3. The Morgan fingerprint density at radius 3 is 1.22 bits per heavy atom. The Labute approximate surface area is 511 Å². The van der Waals surface area contributed by atoms with Crippen LogP contribution in [0.15, 0.2) is 279 Å². The summed E-state index contributed by atoms with van der Waals surface area (Å²) in [6.45, 7) is 0. The standard InChI is InChI=1S/C85H68N2/c1-5-19-57(20-6-1)65-41-50-82(75(53-65)64-25-11-4-12-26-64)86(70-48-49-74-73-29-15-18-32-80(73)85(81(74)56-70)78-30-16-13-27-71(78)72-28-14-17-31-79(72)85)68-44-37-62(38-45-68)60-33-35-61(36-34-60)63-39-46-69(47-40-63)87-83-51-42-66(58-21-7-2-8-22-58)54-76(83)77-55-67(43-52-84(77)87)59-23-9-3-10-24-59/h1,4-6,11-20,25-56,58-59H,2-3,7-10,21-24H2. The van der Waals surface area contributed by atoms with Crippen LogP contribution in [0, 0.1) is 0 Å². The van der Waals surface area contributed by atoms with E-state index in [-0.39, 0.29) is 0 Å². The van der Waals surface area contributed by atoms with E-state index in [1.165, 1.54) is 192 Å². The Kier molecular flexibility index (Phi) is 12.7. The van der Waals surface area contributed by atoms with Crippen molar-refractivity contribution in [1.82, 2.24) is 4.57 Å². The largest absolute Gasteiger partial charge is 0.310 e. The number of aromatic nitrogens is 1. The lowest BCUT2D eigenvalue weighted by atomic mass is 9.70. The lowest BCUT2D eigenvalue weighted by molar-refractivity contribution is 0.444. The van der Waals surface area contributed by atoms with Crippen molar-refractivity contribution >= 4 is 38.9 Å². The van der Waals surface area contributed by atoms with Gasteiger partial charge in [0.05, 0.1) is 22.1 Å². The van der Waals surface area contributed by atoms with E-state index < -0.39 is 5.41 Å². The van der Waals surface area contributed by atoms with Crippen LogP contribution in [0.1, 0.15) is 109 Å². The fourth-order valence-electron chi connectivity index (χ4n) is 16.2. The van der Waals surface area contributed by atoms with Crippen molar-refractivity contribution in [2.75, 3.05) is 4.90 Å². The molecular formula is C85H68N2. The van der Waals surface area contributed by atoms with Gasteiger partial charge in [-0.25, -0.2) is 0 Å². The lowest BCUT2D eigenvalue weighted by Gasteiger charge is -2.33. The summed E-state index contributed by atoms with van der Waals surface area (Å²) < 4.78 is 2.52. The molecule has 0 unspecified atom stereocenters. The minimum Gasteiger partial charge on any atom is -0.310 e. The van der Waals surface area contributed by atoms with Gasteiger partial charge in [0.2, 0.25) is 0 Å². The summed E-state index contributed by atoms with van der Waals surface area (Å²) in [7, 11) is 0. The molecule has 13 aromatic rings. The first kappa shape index (κ1) is 51.6. The van der Waals surface area contributed by atoms with E-state index in [0.717, 1.165) is 17.1 Å². The van der Waals surface area contributed by atoms with E-state index in [1.807, 2.05) is 0 Å². The molecule has 2 saturated carbocycles. The minimum atomic E-state index is -0.471. The molecule has 1 heterocycles. The molecule has 2 heteroatoms. The third-order valence-corrected chi connectivity index (χ3v) is 20.4. The molecule has 0 amide bonds. The topological polar surface area (TPSA) is 8.17 Å². The molecule has 17 rings (SSSR count). The van der Waals surface area contributed by atoms with Gasteiger partial charge in [-0.1, -0.05) is 245 Å². The Morgan fingerprint density at radius 2 is 0.701 bits per heavy atom. The quantitative estimate of drug-likeness (QED) is 0.132. The Morgan fingerprint density at radius 1 is 0.287 bits per heavy atom. The van der Waals surface area contributed by atoms with Gasteiger partial charge in [0.1, 0.15) is 0 Å². The molecule has 4 aliphatic carbocycles.